The van der Waals surface area contributed by atoms with Crippen LogP contribution in [0.1, 0.15) is 6.92 Å². The van der Waals surface area contributed by atoms with Crippen LogP contribution in [0.5, 0.6) is 5.75 Å². The molecule has 0 fully saturated rings. The van der Waals surface area contributed by atoms with E-state index in [2.05, 4.69) is 27.6 Å². The van der Waals surface area contributed by atoms with Crippen molar-refractivity contribution in [3.8, 4) is 5.75 Å². The van der Waals surface area contributed by atoms with Crippen LogP contribution < -0.4 is 4.74 Å². The van der Waals surface area contributed by atoms with Crippen molar-refractivity contribution in [1.29, 1.82) is 0 Å². The molecule has 1 aromatic heterocycles. The van der Waals surface area contributed by atoms with Crippen LogP contribution in [0, 0.1) is 0 Å². The van der Waals surface area contributed by atoms with E-state index >= 15 is 0 Å². The summed E-state index contributed by atoms with van der Waals surface area (Å²) in [5, 5.41) is 5.11. The summed E-state index contributed by atoms with van der Waals surface area (Å²) >= 11 is 3.46. The summed E-state index contributed by atoms with van der Waals surface area (Å²) in [6, 6.07) is 3.68. The second-order valence-corrected chi connectivity index (χ2v) is 4.86. The van der Waals surface area contributed by atoms with Gasteiger partial charge in [0.2, 0.25) is 0 Å². The van der Waals surface area contributed by atoms with Crippen molar-refractivity contribution in [1.82, 2.24) is 9.78 Å². The summed E-state index contributed by atoms with van der Waals surface area (Å²) in [5.41, 5.74) is 1.01. The van der Waals surface area contributed by atoms with E-state index in [4.69, 9.17) is 4.74 Å². The quantitative estimate of drug-likeness (QED) is 0.756. The third kappa shape index (κ3) is 2.41. The Hall–Kier alpha value is -1.88. The molecule has 0 saturated heterocycles. The molecular formula is C15H14BrFN2O. The zero-order valence-corrected chi connectivity index (χ0v) is 12.8. The molecule has 0 spiro atoms. The Kier molecular flexibility index (Phi) is 4.39. The molecule has 2 rings (SSSR count). The van der Waals surface area contributed by atoms with E-state index in [1.54, 1.807) is 25.5 Å². The Morgan fingerprint density at radius 2 is 2.25 bits per heavy atom. The average Bonchev–Trinajstić information content (AvgIpc) is 2.90. The molecule has 0 bridgehead atoms. The number of halogens is 2. The first-order valence-electron chi connectivity index (χ1n) is 5.99. The van der Waals surface area contributed by atoms with Crippen LogP contribution >= 0.6 is 15.9 Å². The number of fused-ring (bicyclic) bond motifs is 1. The second kappa shape index (κ2) is 6.05. The van der Waals surface area contributed by atoms with Gasteiger partial charge in [0, 0.05) is 9.86 Å². The van der Waals surface area contributed by atoms with Crippen molar-refractivity contribution in [3.05, 3.63) is 53.4 Å². The highest BCUT2D eigenvalue weighted by atomic mass is 79.9. The van der Waals surface area contributed by atoms with E-state index in [0.717, 1.165) is 15.9 Å². The Morgan fingerprint density at radius 1 is 1.50 bits per heavy atom. The van der Waals surface area contributed by atoms with Gasteiger partial charge in [-0.05, 0) is 31.2 Å². The van der Waals surface area contributed by atoms with Gasteiger partial charge in [-0.3, -0.25) is 0 Å². The summed E-state index contributed by atoms with van der Waals surface area (Å²) < 4.78 is 21.7. The summed E-state index contributed by atoms with van der Waals surface area (Å²) in [7, 11) is 1.57. The van der Waals surface area contributed by atoms with E-state index in [1.807, 2.05) is 19.1 Å². The van der Waals surface area contributed by atoms with Gasteiger partial charge in [0.15, 0.2) is 0 Å². The molecule has 0 radical (unpaired) electrons. The third-order valence-electron chi connectivity index (χ3n) is 2.84. The van der Waals surface area contributed by atoms with Crippen LogP contribution in [-0.4, -0.2) is 16.9 Å². The molecule has 1 aromatic carbocycles. The number of ether oxygens (including phenoxy) is 1. The van der Waals surface area contributed by atoms with Gasteiger partial charge in [-0.2, -0.15) is 5.10 Å². The van der Waals surface area contributed by atoms with E-state index < -0.39 is 5.83 Å². The van der Waals surface area contributed by atoms with Crippen molar-refractivity contribution in [2.24, 2.45) is 0 Å². The predicted molar refractivity (Wildman–Crippen MR) is 83.3 cm³/mol. The van der Waals surface area contributed by atoms with Crippen molar-refractivity contribution >= 4 is 32.5 Å². The highest BCUT2D eigenvalue weighted by Crippen LogP contribution is 2.33. The van der Waals surface area contributed by atoms with Crippen molar-refractivity contribution in [3.63, 3.8) is 0 Å². The molecule has 0 unspecified atom stereocenters. The normalized spacial score (nSPS) is 12.8. The minimum absolute atomic E-state index is 0.314. The molecule has 2 aromatic rings. The summed E-state index contributed by atoms with van der Waals surface area (Å²) in [6.07, 6.45) is 6.22. The largest absolute Gasteiger partial charge is 0.494 e. The standard InChI is InChI=1S/C15H14BrFN2O/c1-4-6-13(12(17)5-2)19-15-10(9-18-19)11(16)7-8-14(15)20-3/h4-9H,2H2,1,3H3/b6-4-,13-12-. The fraction of sp³-hybridized carbons (Fsp3) is 0.133. The lowest BCUT2D eigenvalue weighted by Crippen LogP contribution is -2.00. The number of aromatic nitrogens is 2. The van der Waals surface area contributed by atoms with E-state index in [9.17, 15) is 4.39 Å². The minimum atomic E-state index is -0.449. The Morgan fingerprint density at radius 3 is 2.85 bits per heavy atom. The van der Waals surface area contributed by atoms with Crippen molar-refractivity contribution in [2.45, 2.75) is 6.92 Å². The zero-order valence-electron chi connectivity index (χ0n) is 11.2. The molecule has 5 heteroatoms. The van der Waals surface area contributed by atoms with Crippen LogP contribution in [0.3, 0.4) is 0 Å². The average molecular weight is 337 g/mol. The molecule has 104 valence electrons. The van der Waals surface area contributed by atoms with Crippen LogP contribution in [-0.2, 0) is 0 Å². The fourth-order valence-corrected chi connectivity index (χ4v) is 2.36. The fourth-order valence-electron chi connectivity index (χ4n) is 1.94. The van der Waals surface area contributed by atoms with Gasteiger partial charge in [0.25, 0.3) is 0 Å². The Balaban J connectivity index is 2.84. The highest BCUT2D eigenvalue weighted by molar-refractivity contribution is 9.10. The van der Waals surface area contributed by atoms with Gasteiger partial charge < -0.3 is 4.74 Å². The lowest BCUT2D eigenvalue weighted by Gasteiger charge is -2.09. The molecule has 0 atom stereocenters. The number of hydrogen-bond acceptors (Lipinski definition) is 2. The van der Waals surface area contributed by atoms with E-state index in [1.165, 1.54) is 4.68 Å². The molecule has 20 heavy (non-hydrogen) atoms. The van der Waals surface area contributed by atoms with Crippen molar-refractivity contribution < 1.29 is 9.13 Å². The monoisotopic (exact) mass is 336 g/mol. The Labute approximate surface area is 125 Å². The summed E-state index contributed by atoms with van der Waals surface area (Å²) in [5.74, 6) is 0.176. The van der Waals surface area contributed by atoms with Crippen LogP contribution in [0.2, 0.25) is 0 Å². The van der Waals surface area contributed by atoms with Crippen LogP contribution in [0.15, 0.2) is 53.4 Å². The molecule has 1 heterocycles. The first-order chi connectivity index (χ1) is 9.63. The lowest BCUT2D eigenvalue weighted by molar-refractivity contribution is 0.418. The number of allylic oxidation sites excluding steroid dienone is 5. The first kappa shape index (κ1) is 14.5. The SMILES string of the molecule is C=C/C(F)=C(\C=C/C)n1ncc2c(Br)ccc(OC)c21. The lowest BCUT2D eigenvalue weighted by atomic mass is 10.2. The molecule has 0 aliphatic carbocycles. The summed E-state index contributed by atoms with van der Waals surface area (Å²) in [6.45, 7) is 5.28. The van der Waals surface area contributed by atoms with Crippen LogP contribution in [0.25, 0.3) is 16.6 Å². The topological polar surface area (TPSA) is 27.1 Å². The number of rotatable bonds is 4. The van der Waals surface area contributed by atoms with E-state index in [0.29, 0.717) is 17.0 Å². The van der Waals surface area contributed by atoms with Gasteiger partial charge >= 0.3 is 0 Å². The van der Waals surface area contributed by atoms with Gasteiger partial charge in [-0.15, -0.1) is 0 Å². The minimum Gasteiger partial charge on any atom is -0.494 e. The maximum atomic E-state index is 14.0. The van der Waals surface area contributed by atoms with Crippen LogP contribution in [0.4, 0.5) is 4.39 Å². The Bertz CT molecular complexity index is 716. The summed E-state index contributed by atoms with van der Waals surface area (Å²) in [4.78, 5) is 0. The second-order valence-electron chi connectivity index (χ2n) is 4.01. The first-order valence-corrected chi connectivity index (χ1v) is 6.78. The predicted octanol–water partition coefficient (Wildman–Crippen LogP) is 4.71. The van der Waals surface area contributed by atoms with Crippen molar-refractivity contribution in [2.75, 3.05) is 7.11 Å². The molecule has 0 N–H and O–H groups in total. The molecule has 0 aliphatic rings. The van der Waals surface area contributed by atoms with E-state index in [-0.39, 0.29) is 0 Å². The molecule has 0 saturated carbocycles. The highest BCUT2D eigenvalue weighted by Gasteiger charge is 2.15. The zero-order chi connectivity index (χ0) is 14.7. The number of benzene rings is 1. The number of methoxy groups -OCH3 is 1. The molecule has 3 nitrogen and oxygen atoms in total. The number of hydrogen-bond donors (Lipinski definition) is 0. The maximum absolute atomic E-state index is 14.0. The molecule has 0 aliphatic heterocycles. The third-order valence-corrected chi connectivity index (χ3v) is 3.53. The van der Waals surface area contributed by atoms with Gasteiger partial charge in [-0.25, -0.2) is 9.07 Å². The molecular weight excluding hydrogens is 323 g/mol. The smallest absolute Gasteiger partial charge is 0.148 e. The van der Waals surface area contributed by atoms with Gasteiger partial charge in [-0.1, -0.05) is 28.6 Å². The van der Waals surface area contributed by atoms with Gasteiger partial charge in [0.05, 0.1) is 13.3 Å². The maximum Gasteiger partial charge on any atom is 0.148 e. The number of nitrogens with zero attached hydrogens (tertiary/aromatic N) is 2. The van der Waals surface area contributed by atoms with Gasteiger partial charge in [0.1, 0.15) is 22.8 Å². The molecule has 0 amide bonds.